The lowest BCUT2D eigenvalue weighted by Gasteiger charge is -2.13. The van der Waals surface area contributed by atoms with Crippen LogP contribution in [0.1, 0.15) is 25.3 Å². The third-order valence-electron chi connectivity index (χ3n) is 3.60. The number of nitrogens with zero attached hydrogens (tertiary/aromatic N) is 2. The van der Waals surface area contributed by atoms with Crippen LogP contribution in [0.15, 0.2) is 34.6 Å². The highest BCUT2D eigenvalue weighted by atomic mass is 32.2. The van der Waals surface area contributed by atoms with Crippen LogP contribution >= 0.6 is 11.8 Å². The summed E-state index contributed by atoms with van der Waals surface area (Å²) < 4.78 is 59.3. The van der Waals surface area contributed by atoms with Crippen LogP contribution in [-0.4, -0.2) is 51.7 Å². The van der Waals surface area contributed by atoms with Crippen LogP contribution in [0.25, 0.3) is 0 Å². The monoisotopic (exact) mass is 452 g/mol. The highest BCUT2D eigenvalue weighted by Crippen LogP contribution is 2.26. The summed E-state index contributed by atoms with van der Waals surface area (Å²) in [5.74, 6) is -3.25. The molecule has 1 saturated heterocycles. The van der Waals surface area contributed by atoms with Crippen molar-refractivity contribution >= 4 is 21.8 Å². The Bertz CT molecular complexity index is 812. The van der Waals surface area contributed by atoms with Crippen LogP contribution in [0.4, 0.5) is 13.2 Å². The highest BCUT2D eigenvalue weighted by Gasteiger charge is 2.37. The van der Waals surface area contributed by atoms with E-state index in [0.717, 1.165) is 24.6 Å². The van der Waals surface area contributed by atoms with Crippen molar-refractivity contribution in [2.75, 3.05) is 32.4 Å². The van der Waals surface area contributed by atoms with E-state index >= 15 is 0 Å². The number of nitriles is 1. The average molecular weight is 453 g/mol. The molecule has 0 unspecified atom stereocenters. The van der Waals surface area contributed by atoms with Gasteiger partial charge in [-0.1, -0.05) is 6.58 Å². The Kier molecular flexibility index (Phi) is 12.2. The van der Waals surface area contributed by atoms with Crippen LogP contribution in [0.5, 0.6) is 0 Å². The molecule has 1 aliphatic rings. The normalized spacial score (nSPS) is 15.4. The van der Waals surface area contributed by atoms with Gasteiger partial charge in [-0.2, -0.15) is 5.26 Å². The van der Waals surface area contributed by atoms with Gasteiger partial charge in [0.25, 0.3) is 5.92 Å². The number of alkyl halides is 2. The summed E-state index contributed by atoms with van der Waals surface area (Å²) in [6, 6.07) is 4.32. The van der Waals surface area contributed by atoms with Crippen LogP contribution in [0.2, 0.25) is 0 Å². The van der Waals surface area contributed by atoms with Crippen molar-refractivity contribution in [3.8, 4) is 6.07 Å². The lowest BCUT2D eigenvalue weighted by molar-refractivity contribution is 0.0122. The number of nitrogens with two attached hydrogens (primary N) is 2. The maximum atomic E-state index is 12.7. The molecule has 0 saturated carbocycles. The number of rotatable bonds is 5. The Balaban J connectivity index is 0.000000445. The molecule has 1 aromatic carbocycles. The summed E-state index contributed by atoms with van der Waals surface area (Å²) in [7, 11) is -3.95. The van der Waals surface area contributed by atoms with Gasteiger partial charge in [-0.25, -0.2) is 26.7 Å². The molecular formula is C18H27F3N4O2S2. The fraction of sp³-hybridized carbons (Fsp3) is 0.500. The first-order chi connectivity index (χ1) is 13.3. The Labute approximate surface area is 174 Å². The van der Waals surface area contributed by atoms with E-state index in [-0.39, 0.29) is 18.5 Å². The zero-order valence-electron chi connectivity index (χ0n) is 16.5. The van der Waals surface area contributed by atoms with Crippen molar-refractivity contribution in [2.24, 2.45) is 10.9 Å². The Hall–Kier alpha value is -1.58. The molecule has 6 nitrogen and oxygen atoms in total. The van der Waals surface area contributed by atoms with E-state index in [0.29, 0.717) is 19.6 Å². The predicted octanol–water partition coefficient (Wildman–Crippen LogP) is 2.90. The molecule has 0 radical (unpaired) electrons. The van der Waals surface area contributed by atoms with Gasteiger partial charge in [-0.3, -0.25) is 4.90 Å². The zero-order valence-corrected chi connectivity index (χ0v) is 18.1. The molecule has 1 heterocycles. The Morgan fingerprint density at radius 3 is 2.38 bits per heavy atom. The zero-order chi connectivity index (χ0) is 22.7. The SMILES string of the molecule is C=C(C)SC.N#Cc1cc(F)cc(S(N)(=O)=O)c1.NCCCN1CCC(F)(F)C1. The number of halogens is 3. The van der Waals surface area contributed by atoms with Gasteiger partial charge in [0.1, 0.15) is 5.82 Å². The van der Waals surface area contributed by atoms with E-state index in [1.165, 1.54) is 4.91 Å². The van der Waals surface area contributed by atoms with Crippen molar-refractivity contribution in [3.05, 3.63) is 41.1 Å². The number of likely N-dealkylation sites (tertiary alicyclic amines) is 1. The molecule has 0 aromatic heterocycles. The van der Waals surface area contributed by atoms with Crippen molar-refractivity contribution in [2.45, 2.75) is 30.6 Å². The van der Waals surface area contributed by atoms with Crippen molar-refractivity contribution < 1.29 is 21.6 Å². The predicted molar refractivity (Wildman–Crippen MR) is 110 cm³/mol. The number of thioether (sulfide) groups is 1. The summed E-state index contributed by atoms with van der Waals surface area (Å²) >= 11 is 1.69. The molecule has 11 heteroatoms. The van der Waals surface area contributed by atoms with Gasteiger partial charge in [0, 0.05) is 13.0 Å². The van der Waals surface area contributed by atoms with Crippen LogP contribution in [0.3, 0.4) is 0 Å². The largest absolute Gasteiger partial charge is 0.330 e. The second-order valence-corrected chi connectivity index (χ2v) is 8.93. The van der Waals surface area contributed by atoms with Gasteiger partial charge < -0.3 is 5.73 Å². The van der Waals surface area contributed by atoms with Gasteiger partial charge in [0.15, 0.2) is 0 Å². The Morgan fingerprint density at radius 1 is 1.41 bits per heavy atom. The molecule has 1 aliphatic heterocycles. The summed E-state index contributed by atoms with van der Waals surface area (Å²) in [6.45, 7) is 7.37. The topological polar surface area (TPSA) is 113 Å². The summed E-state index contributed by atoms with van der Waals surface area (Å²) in [6.07, 6.45) is 2.84. The minimum absolute atomic E-state index is 0.0115. The van der Waals surface area contributed by atoms with Crippen LogP contribution < -0.4 is 10.9 Å². The van der Waals surface area contributed by atoms with Gasteiger partial charge >= 0.3 is 0 Å². The molecule has 164 valence electrons. The molecule has 0 aliphatic carbocycles. The first kappa shape index (κ1) is 27.4. The lowest BCUT2D eigenvalue weighted by atomic mass is 10.2. The fourth-order valence-electron chi connectivity index (χ4n) is 2.10. The number of allylic oxidation sites excluding steroid dienone is 1. The first-order valence-electron chi connectivity index (χ1n) is 8.58. The summed E-state index contributed by atoms with van der Waals surface area (Å²) in [4.78, 5) is 2.54. The molecule has 0 atom stereocenters. The molecular weight excluding hydrogens is 425 g/mol. The van der Waals surface area contributed by atoms with E-state index in [9.17, 15) is 21.6 Å². The van der Waals surface area contributed by atoms with E-state index < -0.39 is 26.7 Å². The van der Waals surface area contributed by atoms with Crippen LogP contribution in [0, 0.1) is 17.1 Å². The third kappa shape index (κ3) is 12.6. The molecule has 1 aromatic rings. The van der Waals surface area contributed by atoms with Gasteiger partial charge in [0.05, 0.1) is 23.1 Å². The van der Waals surface area contributed by atoms with Gasteiger partial charge in [-0.05, 0) is 55.8 Å². The van der Waals surface area contributed by atoms with Crippen molar-refractivity contribution in [1.29, 1.82) is 5.26 Å². The second-order valence-electron chi connectivity index (χ2n) is 6.26. The highest BCUT2D eigenvalue weighted by molar-refractivity contribution is 8.02. The maximum absolute atomic E-state index is 12.7. The number of sulfonamides is 1. The number of benzene rings is 1. The van der Waals surface area contributed by atoms with Crippen molar-refractivity contribution in [3.63, 3.8) is 0 Å². The minimum atomic E-state index is -3.95. The van der Waals surface area contributed by atoms with Crippen LogP contribution in [-0.2, 0) is 10.0 Å². The quantitative estimate of drug-likeness (QED) is 0.710. The molecule has 0 amide bonds. The molecule has 2 rings (SSSR count). The second kappa shape index (κ2) is 12.9. The first-order valence-corrected chi connectivity index (χ1v) is 11.3. The van der Waals surface area contributed by atoms with E-state index in [1.807, 2.05) is 13.2 Å². The minimum Gasteiger partial charge on any atom is -0.330 e. The van der Waals surface area contributed by atoms with Gasteiger partial charge in [0.2, 0.25) is 10.0 Å². The average Bonchev–Trinajstić information content (AvgIpc) is 2.98. The fourth-order valence-corrected chi connectivity index (χ4v) is 2.67. The third-order valence-corrected chi connectivity index (χ3v) is 5.19. The van der Waals surface area contributed by atoms with Gasteiger partial charge in [-0.15, -0.1) is 11.8 Å². The lowest BCUT2D eigenvalue weighted by Crippen LogP contribution is -2.27. The van der Waals surface area contributed by atoms with E-state index in [1.54, 1.807) is 22.7 Å². The summed E-state index contributed by atoms with van der Waals surface area (Å²) in [5.41, 5.74) is 5.18. The maximum Gasteiger partial charge on any atom is 0.261 e. The standard InChI is InChI=1S/C7H14F2N2.C7H5FN2O2S.C4H8S/c8-7(9)2-5-11(6-7)4-1-3-10;8-6-1-5(4-9)2-7(3-6)13(10,11)12;1-4(2)5-3/h1-6,10H2;1-3H,(H2,10,11,12);1H2,2-3H3. The molecule has 4 N–H and O–H groups in total. The number of hydrogen-bond acceptors (Lipinski definition) is 6. The van der Waals surface area contributed by atoms with E-state index in [2.05, 4.69) is 6.58 Å². The Morgan fingerprint density at radius 2 is 2.00 bits per heavy atom. The molecule has 0 bridgehead atoms. The smallest absolute Gasteiger partial charge is 0.261 e. The summed E-state index contributed by atoms with van der Waals surface area (Å²) in [5, 5.41) is 13.1. The molecule has 0 spiro atoms. The number of primary sulfonamides is 1. The van der Waals surface area contributed by atoms with E-state index in [4.69, 9.17) is 16.1 Å². The van der Waals surface area contributed by atoms with Crippen molar-refractivity contribution in [1.82, 2.24) is 4.90 Å². The number of hydrogen-bond donors (Lipinski definition) is 2. The molecule has 29 heavy (non-hydrogen) atoms. The molecule has 1 fully saturated rings.